The molecule has 2 aliphatic rings. The minimum absolute atomic E-state index is 0.00437. The van der Waals surface area contributed by atoms with Crippen LogP contribution >= 0.6 is 0 Å². The minimum atomic E-state index is -1.19. The van der Waals surface area contributed by atoms with E-state index in [1.807, 2.05) is 71.6 Å². The van der Waals surface area contributed by atoms with Crippen LogP contribution in [0.3, 0.4) is 0 Å². The molecule has 3 unspecified atom stereocenters. The van der Waals surface area contributed by atoms with Crippen LogP contribution in [0.2, 0.25) is 0 Å². The molecule has 2 amide bonds. The smallest absolute Gasteiger partial charge is 0.324 e. The molecule has 35 heavy (non-hydrogen) atoms. The first-order chi connectivity index (χ1) is 17.0. The number of nitrogens with one attached hydrogen (secondary N) is 1. The van der Waals surface area contributed by atoms with Gasteiger partial charge in [0.05, 0.1) is 6.04 Å². The van der Waals surface area contributed by atoms with E-state index in [1.165, 1.54) is 0 Å². The lowest BCUT2D eigenvalue weighted by atomic mass is 9.92. The van der Waals surface area contributed by atoms with Crippen molar-refractivity contribution >= 4 is 17.8 Å². The number of amides is 2. The summed E-state index contributed by atoms with van der Waals surface area (Å²) in [4.78, 5) is 41.5. The van der Waals surface area contributed by atoms with E-state index in [4.69, 9.17) is 4.74 Å². The van der Waals surface area contributed by atoms with Crippen molar-refractivity contribution in [2.24, 2.45) is 5.92 Å². The normalized spacial score (nSPS) is 21.7. The Morgan fingerprint density at radius 3 is 1.91 bits per heavy atom. The van der Waals surface area contributed by atoms with E-state index < -0.39 is 29.9 Å². The SMILES string of the molecule is CC1C[C@@H]2C(NC(=O)C(C(=O)OC(c3ccccc3)c3ccccc3)c3ccccc3)C(=O)N2C1. The van der Waals surface area contributed by atoms with E-state index in [0.717, 1.165) is 24.1 Å². The predicted octanol–water partition coefficient (Wildman–Crippen LogP) is 3.84. The summed E-state index contributed by atoms with van der Waals surface area (Å²) in [5.74, 6) is -2.04. The molecule has 0 spiro atoms. The van der Waals surface area contributed by atoms with Crippen molar-refractivity contribution in [2.45, 2.75) is 37.5 Å². The van der Waals surface area contributed by atoms with Crippen molar-refractivity contribution in [2.75, 3.05) is 6.54 Å². The van der Waals surface area contributed by atoms with Gasteiger partial charge in [-0.25, -0.2) is 0 Å². The van der Waals surface area contributed by atoms with Gasteiger partial charge < -0.3 is 15.0 Å². The van der Waals surface area contributed by atoms with Crippen LogP contribution in [0.4, 0.5) is 0 Å². The topological polar surface area (TPSA) is 75.7 Å². The van der Waals surface area contributed by atoms with E-state index in [1.54, 1.807) is 24.3 Å². The zero-order valence-corrected chi connectivity index (χ0v) is 19.5. The number of β-lactam (4-membered cyclic amide) rings is 1. The Morgan fingerprint density at radius 2 is 1.37 bits per heavy atom. The van der Waals surface area contributed by atoms with Crippen LogP contribution in [-0.4, -0.2) is 41.3 Å². The Morgan fingerprint density at radius 1 is 0.857 bits per heavy atom. The monoisotopic (exact) mass is 468 g/mol. The summed E-state index contributed by atoms with van der Waals surface area (Å²) in [6, 6.07) is 27.2. The van der Waals surface area contributed by atoms with Crippen molar-refractivity contribution in [3.8, 4) is 0 Å². The third kappa shape index (κ3) is 4.56. The van der Waals surface area contributed by atoms with Crippen LogP contribution in [0.5, 0.6) is 0 Å². The Hall–Kier alpha value is -3.93. The molecule has 3 aromatic carbocycles. The molecule has 2 saturated heterocycles. The first-order valence-corrected chi connectivity index (χ1v) is 12.0. The predicted molar refractivity (Wildman–Crippen MR) is 131 cm³/mol. The van der Waals surface area contributed by atoms with Crippen molar-refractivity contribution in [3.05, 3.63) is 108 Å². The fourth-order valence-electron chi connectivity index (χ4n) is 5.12. The highest BCUT2D eigenvalue weighted by Crippen LogP contribution is 2.35. The van der Waals surface area contributed by atoms with Crippen LogP contribution in [0.1, 0.15) is 42.1 Å². The third-order valence-electron chi connectivity index (χ3n) is 6.85. The average Bonchev–Trinajstić information content (AvgIpc) is 3.25. The lowest BCUT2D eigenvalue weighted by Gasteiger charge is -2.43. The molecule has 0 aliphatic carbocycles. The second-order valence-corrected chi connectivity index (χ2v) is 9.37. The Kier molecular flexibility index (Phi) is 6.36. The highest BCUT2D eigenvalue weighted by atomic mass is 16.5. The van der Waals surface area contributed by atoms with Gasteiger partial charge in [-0.3, -0.25) is 14.4 Å². The summed E-state index contributed by atoms with van der Waals surface area (Å²) < 4.78 is 6.03. The largest absolute Gasteiger partial charge is 0.452 e. The molecule has 2 heterocycles. The number of ether oxygens (including phenoxy) is 1. The third-order valence-corrected chi connectivity index (χ3v) is 6.85. The number of carbonyl (C=O) groups excluding carboxylic acids is 3. The Balaban J connectivity index is 1.41. The quantitative estimate of drug-likeness (QED) is 0.325. The van der Waals surface area contributed by atoms with Gasteiger partial charge >= 0.3 is 5.97 Å². The maximum Gasteiger partial charge on any atom is 0.324 e. The van der Waals surface area contributed by atoms with Crippen molar-refractivity contribution < 1.29 is 19.1 Å². The fraction of sp³-hybridized carbons (Fsp3) is 0.276. The fourth-order valence-corrected chi connectivity index (χ4v) is 5.12. The van der Waals surface area contributed by atoms with Gasteiger partial charge in [-0.1, -0.05) is 97.9 Å². The number of nitrogens with zero attached hydrogens (tertiary/aromatic N) is 1. The van der Waals surface area contributed by atoms with Crippen LogP contribution in [-0.2, 0) is 19.1 Å². The maximum atomic E-state index is 13.6. The second-order valence-electron chi connectivity index (χ2n) is 9.37. The molecule has 0 saturated carbocycles. The summed E-state index contributed by atoms with van der Waals surface area (Å²) in [5, 5.41) is 2.86. The van der Waals surface area contributed by atoms with Gasteiger partial charge in [0, 0.05) is 6.54 Å². The lowest BCUT2D eigenvalue weighted by Crippen LogP contribution is -2.68. The molecule has 4 atom stereocenters. The van der Waals surface area contributed by atoms with Crippen LogP contribution in [0.25, 0.3) is 0 Å². The van der Waals surface area contributed by atoms with Crippen molar-refractivity contribution in [1.82, 2.24) is 10.2 Å². The molecule has 0 radical (unpaired) electrons. The molecule has 0 bridgehead atoms. The Labute approximate surface area is 204 Å². The van der Waals surface area contributed by atoms with Crippen LogP contribution < -0.4 is 5.32 Å². The number of fused-ring (bicyclic) bond motifs is 1. The summed E-state index contributed by atoms with van der Waals surface area (Å²) in [6.07, 6.45) is 0.182. The number of benzene rings is 3. The first-order valence-electron chi connectivity index (χ1n) is 12.0. The molecule has 2 aliphatic heterocycles. The van der Waals surface area contributed by atoms with Gasteiger partial charge in [-0.15, -0.1) is 0 Å². The molecule has 3 aromatic rings. The number of carbonyl (C=O) groups is 3. The maximum absolute atomic E-state index is 13.6. The van der Waals surface area contributed by atoms with Crippen molar-refractivity contribution in [3.63, 3.8) is 0 Å². The second kappa shape index (κ2) is 9.74. The van der Waals surface area contributed by atoms with E-state index in [9.17, 15) is 14.4 Å². The van der Waals surface area contributed by atoms with Gasteiger partial charge in [-0.2, -0.15) is 0 Å². The summed E-state index contributed by atoms with van der Waals surface area (Å²) in [6.45, 7) is 2.82. The zero-order valence-electron chi connectivity index (χ0n) is 19.5. The lowest BCUT2D eigenvalue weighted by molar-refractivity contribution is -0.156. The Bertz CT molecular complexity index is 1160. The number of esters is 1. The highest BCUT2D eigenvalue weighted by molar-refractivity contribution is 6.05. The highest BCUT2D eigenvalue weighted by Gasteiger charge is 2.53. The molecule has 6 nitrogen and oxygen atoms in total. The zero-order chi connectivity index (χ0) is 24.4. The minimum Gasteiger partial charge on any atom is -0.452 e. The molecule has 178 valence electrons. The van der Waals surface area contributed by atoms with Gasteiger partial charge in [0.2, 0.25) is 11.8 Å². The van der Waals surface area contributed by atoms with Crippen LogP contribution in [0.15, 0.2) is 91.0 Å². The van der Waals surface area contributed by atoms with E-state index >= 15 is 0 Å². The average molecular weight is 469 g/mol. The molecule has 5 rings (SSSR count). The van der Waals surface area contributed by atoms with E-state index in [-0.39, 0.29) is 11.9 Å². The summed E-state index contributed by atoms with van der Waals surface area (Å²) in [5.41, 5.74) is 2.14. The molecular weight excluding hydrogens is 440 g/mol. The molecule has 2 fully saturated rings. The molecule has 0 aromatic heterocycles. The standard InChI is InChI=1S/C29H28N2O4/c1-19-17-23-25(28(33)31(23)18-19)30-27(32)24(20-11-5-2-6-12-20)29(34)35-26(21-13-7-3-8-14-21)22-15-9-4-10-16-22/h2-16,19,23-26H,17-18H2,1H3,(H,30,32)/t19?,23-,24?,25?/m1/s1. The molecular formula is C29H28N2O4. The van der Waals surface area contributed by atoms with Crippen molar-refractivity contribution in [1.29, 1.82) is 0 Å². The summed E-state index contributed by atoms with van der Waals surface area (Å²) >= 11 is 0. The van der Waals surface area contributed by atoms with Gasteiger partial charge in [0.1, 0.15) is 6.04 Å². The molecule has 1 N–H and O–H groups in total. The summed E-state index contributed by atoms with van der Waals surface area (Å²) in [7, 11) is 0. The first kappa shape index (κ1) is 22.8. The van der Waals surface area contributed by atoms with E-state index in [0.29, 0.717) is 11.5 Å². The number of rotatable bonds is 7. The van der Waals surface area contributed by atoms with Gasteiger partial charge in [0.15, 0.2) is 12.0 Å². The number of hydrogen-bond acceptors (Lipinski definition) is 4. The van der Waals surface area contributed by atoms with Crippen LogP contribution in [0, 0.1) is 5.92 Å². The van der Waals surface area contributed by atoms with E-state index in [2.05, 4.69) is 12.2 Å². The van der Waals surface area contributed by atoms with Gasteiger partial charge in [-0.05, 0) is 29.0 Å². The number of hydrogen-bond donors (Lipinski definition) is 1. The van der Waals surface area contributed by atoms with Gasteiger partial charge in [0.25, 0.3) is 0 Å². The molecule has 6 heteroatoms.